The molecular weight excluding hydrogens is 291 g/mol. The predicted octanol–water partition coefficient (Wildman–Crippen LogP) is 2.51. The molecule has 0 bridgehead atoms. The molecule has 1 heterocycles. The zero-order valence-electron chi connectivity index (χ0n) is 12.4. The van der Waals surface area contributed by atoms with Crippen LogP contribution in [-0.2, 0) is 10.0 Å². The Hall–Kier alpha value is -1.14. The van der Waals surface area contributed by atoms with Crippen LogP contribution < -0.4 is 9.62 Å². The van der Waals surface area contributed by atoms with E-state index in [0.717, 1.165) is 25.8 Å². The van der Waals surface area contributed by atoms with Gasteiger partial charge in [-0.1, -0.05) is 12.5 Å². The molecular formula is C15H23FN2O2S. The quantitative estimate of drug-likeness (QED) is 0.878. The van der Waals surface area contributed by atoms with E-state index in [1.807, 2.05) is 0 Å². The smallest absolute Gasteiger partial charge is 0.235 e. The van der Waals surface area contributed by atoms with Crippen LogP contribution in [0.25, 0.3) is 0 Å². The van der Waals surface area contributed by atoms with Crippen LogP contribution in [0.4, 0.5) is 10.1 Å². The Bertz CT molecular complexity index is 557. The van der Waals surface area contributed by atoms with Gasteiger partial charge in [-0.05, 0) is 50.9 Å². The molecule has 1 fully saturated rings. The van der Waals surface area contributed by atoms with Crippen LogP contribution in [0.1, 0.15) is 32.6 Å². The van der Waals surface area contributed by atoms with Crippen LogP contribution in [-0.4, -0.2) is 33.3 Å². The molecule has 0 aliphatic carbocycles. The van der Waals surface area contributed by atoms with Gasteiger partial charge in [0, 0.05) is 12.6 Å². The van der Waals surface area contributed by atoms with Crippen LogP contribution in [0.15, 0.2) is 24.3 Å². The summed E-state index contributed by atoms with van der Waals surface area (Å²) in [4.78, 5) is 0. The molecule has 0 saturated carbocycles. The maximum atomic E-state index is 13.3. The molecule has 21 heavy (non-hydrogen) atoms. The number of nitrogens with one attached hydrogen (secondary N) is 1. The first-order chi connectivity index (χ1) is 10.0. The number of sulfonamides is 1. The molecule has 0 amide bonds. The summed E-state index contributed by atoms with van der Waals surface area (Å²) in [7, 11) is -3.41. The van der Waals surface area contributed by atoms with Gasteiger partial charge in [0.25, 0.3) is 0 Å². The molecule has 1 N–H and O–H groups in total. The average molecular weight is 314 g/mol. The first-order valence-corrected chi connectivity index (χ1v) is 9.13. The van der Waals surface area contributed by atoms with E-state index in [2.05, 4.69) is 5.32 Å². The fourth-order valence-electron chi connectivity index (χ4n) is 2.74. The molecule has 2 rings (SSSR count). The van der Waals surface area contributed by atoms with Crippen molar-refractivity contribution >= 4 is 15.7 Å². The van der Waals surface area contributed by atoms with Gasteiger partial charge in [0.1, 0.15) is 5.82 Å². The monoisotopic (exact) mass is 314 g/mol. The highest BCUT2D eigenvalue weighted by molar-refractivity contribution is 7.92. The average Bonchev–Trinajstić information content (AvgIpc) is 2.47. The summed E-state index contributed by atoms with van der Waals surface area (Å²) >= 11 is 0. The van der Waals surface area contributed by atoms with Gasteiger partial charge in [0.15, 0.2) is 0 Å². The number of anilines is 1. The lowest BCUT2D eigenvalue weighted by Crippen LogP contribution is -2.38. The largest absolute Gasteiger partial charge is 0.314 e. The number of halogens is 1. The highest BCUT2D eigenvalue weighted by atomic mass is 32.2. The summed E-state index contributed by atoms with van der Waals surface area (Å²) in [5.41, 5.74) is 0.397. The van der Waals surface area contributed by atoms with Crippen LogP contribution in [0, 0.1) is 5.82 Å². The SMILES string of the molecule is CCN(c1cccc(F)c1)S(=O)(=O)CCC1CCCCN1. The third kappa shape index (κ3) is 4.41. The second-order valence-corrected chi connectivity index (χ2v) is 7.41. The van der Waals surface area contributed by atoms with Gasteiger partial charge in [0.2, 0.25) is 10.0 Å². The van der Waals surface area contributed by atoms with Gasteiger partial charge >= 0.3 is 0 Å². The molecule has 1 aliphatic heterocycles. The minimum Gasteiger partial charge on any atom is -0.314 e. The molecule has 1 unspecified atom stereocenters. The maximum absolute atomic E-state index is 13.3. The Morgan fingerprint density at radius 2 is 2.19 bits per heavy atom. The summed E-state index contributed by atoms with van der Waals surface area (Å²) in [6, 6.07) is 6.02. The highest BCUT2D eigenvalue weighted by Crippen LogP contribution is 2.20. The maximum Gasteiger partial charge on any atom is 0.235 e. The summed E-state index contributed by atoms with van der Waals surface area (Å²) in [5, 5.41) is 3.35. The molecule has 0 spiro atoms. The molecule has 4 nitrogen and oxygen atoms in total. The molecule has 0 radical (unpaired) electrons. The zero-order chi connectivity index (χ0) is 15.3. The van der Waals surface area contributed by atoms with Gasteiger partial charge in [-0.2, -0.15) is 0 Å². The van der Waals surface area contributed by atoms with Gasteiger partial charge in [-0.25, -0.2) is 12.8 Å². The Morgan fingerprint density at radius 3 is 2.81 bits per heavy atom. The minimum absolute atomic E-state index is 0.0923. The molecule has 1 aromatic carbocycles. The predicted molar refractivity (Wildman–Crippen MR) is 83.5 cm³/mol. The first-order valence-electron chi connectivity index (χ1n) is 7.52. The highest BCUT2D eigenvalue weighted by Gasteiger charge is 2.23. The Balaban J connectivity index is 2.05. The van der Waals surface area contributed by atoms with Crippen LogP contribution in [0.3, 0.4) is 0 Å². The van der Waals surface area contributed by atoms with Crippen LogP contribution in [0.2, 0.25) is 0 Å². The first kappa shape index (κ1) is 16.2. The molecule has 1 saturated heterocycles. The second-order valence-electron chi connectivity index (χ2n) is 5.40. The van der Waals surface area contributed by atoms with E-state index >= 15 is 0 Å². The van der Waals surface area contributed by atoms with Crippen LogP contribution in [0.5, 0.6) is 0 Å². The van der Waals surface area contributed by atoms with E-state index in [1.165, 1.54) is 22.5 Å². The Labute approximate surface area is 126 Å². The summed E-state index contributed by atoms with van der Waals surface area (Å²) in [6.45, 7) is 3.04. The Morgan fingerprint density at radius 1 is 1.38 bits per heavy atom. The van der Waals surface area contributed by atoms with Crippen molar-refractivity contribution in [2.75, 3.05) is 23.1 Å². The number of nitrogens with zero attached hydrogens (tertiary/aromatic N) is 1. The number of hydrogen-bond acceptors (Lipinski definition) is 3. The molecule has 6 heteroatoms. The topological polar surface area (TPSA) is 49.4 Å². The second kappa shape index (κ2) is 7.22. The fraction of sp³-hybridized carbons (Fsp3) is 0.600. The van der Waals surface area contributed by atoms with Gasteiger partial charge in [-0.3, -0.25) is 4.31 Å². The summed E-state index contributed by atoms with van der Waals surface area (Å²) < 4.78 is 39.6. The van der Waals surface area contributed by atoms with E-state index in [-0.39, 0.29) is 11.8 Å². The standard InChI is InChI=1S/C15H23FN2O2S/c1-2-18(15-8-5-6-13(16)12-15)21(19,20)11-9-14-7-3-4-10-17-14/h5-6,8,12,14,17H,2-4,7,9-11H2,1H3. The summed E-state index contributed by atoms with van der Waals surface area (Å²) in [6.07, 6.45) is 3.95. The van der Waals surface area contributed by atoms with Crippen molar-refractivity contribution in [1.82, 2.24) is 5.32 Å². The van der Waals surface area contributed by atoms with E-state index < -0.39 is 15.8 Å². The minimum atomic E-state index is -3.41. The molecule has 1 atom stereocenters. The van der Waals surface area contributed by atoms with E-state index in [1.54, 1.807) is 13.0 Å². The van der Waals surface area contributed by atoms with Crippen molar-refractivity contribution in [1.29, 1.82) is 0 Å². The molecule has 0 aromatic heterocycles. The normalized spacial score (nSPS) is 19.4. The lowest BCUT2D eigenvalue weighted by Gasteiger charge is -2.26. The van der Waals surface area contributed by atoms with Crippen molar-refractivity contribution in [3.8, 4) is 0 Å². The summed E-state index contributed by atoms with van der Waals surface area (Å²) in [5.74, 6) is -0.329. The van der Waals surface area contributed by atoms with Gasteiger partial charge in [0.05, 0.1) is 11.4 Å². The fourth-order valence-corrected chi connectivity index (χ4v) is 4.37. The van der Waals surface area contributed by atoms with Crippen molar-refractivity contribution in [2.24, 2.45) is 0 Å². The number of piperidine rings is 1. The van der Waals surface area contributed by atoms with Crippen molar-refractivity contribution < 1.29 is 12.8 Å². The third-order valence-electron chi connectivity index (χ3n) is 3.86. The Kier molecular flexibility index (Phi) is 5.58. The third-order valence-corrected chi connectivity index (χ3v) is 5.75. The number of benzene rings is 1. The number of rotatable bonds is 6. The van der Waals surface area contributed by atoms with E-state index in [0.29, 0.717) is 18.7 Å². The number of hydrogen-bond donors (Lipinski definition) is 1. The van der Waals surface area contributed by atoms with Gasteiger partial charge < -0.3 is 5.32 Å². The van der Waals surface area contributed by atoms with Crippen molar-refractivity contribution in [3.05, 3.63) is 30.1 Å². The lowest BCUT2D eigenvalue weighted by molar-refractivity contribution is 0.392. The van der Waals surface area contributed by atoms with Crippen LogP contribution >= 0.6 is 0 Å². The zero-order valence-corrected chi connectivity index (χ0v) is 13.2. The van der Waals surface area contributed by atoms with Crippen molar-refractivity contribution in [3.63, 3.8) is 0 Å². The molecule has 1 aliphatic rings. The van der Waals surface area contributed by atoms with E-state index in [9.17, 15) is 12.8 Å². The van der Waals surface area contributed by atoms with Crippen molar-refractivity contribution in [2.45, 2.75) is 38.6 Å². The lowest BCUT2D eigenvalue weighted by atomic mass is 10.0. The molecule has 1 aromatic rings. The molecule has 118 valence electrons. The van der Waals surface area contributed by atoms with E-state index in [4.69, 9.17) is 0 Å². The van der Waals surface area contributed by atoms with Gasteiger partial charge in [-0.15, -0.1) is 0 Å².